The summed E-state index contributed by atoms with van der Waals surface area (Å²) in [7, 11) is -2.27. The smallest absolute Gasteiger partial charge is 0.259 e. The van der Waals surface area contributed by atoms with Crippen LogP contribution in [-0.2, 0) is 10.0 Å². The van der Waals surface area contributed by atoms with E-state index in [-0.39, 0.29) is 21.9 Å². The van der Waals surface area contributed by atoms with Crippen LogP contribution in [0.4, 0.5) is 10.1 Å². The third kappa shape index (κ3) is 3.71. The Morgan fingerprint density at radius 3 is 2.54 bits per heavy atom. The fraction of sp³-hybridized carbons (Fsp3) is 0.278. The van der Waals surface area contributed by atoms with Gasteiger partial charge in [-0.25, -0.2) is 12.8 Å². The van der Waals surface area contributed by atoms with Gasteiger partial charge in [0.15, 0.2) is 0 Å². The number of methoxy groups -OCH3 is 1. The highest BCUT2D eigenvalue weighted by molar-refractivity contribution is 7.89. The quantitative estimate of drug-likeness (QED) is 0.868. The Balaban J connectivity index is 1.93. The molecule has 1 aliphatic heterocycles. The molecule has 1 N–H and O–H groups in total. The number of amides is 1. The molecule has 8 heteroatoms. The summed E-state index contributed by atoms with van der Waals surface area (Å²) < 4.78 is 45.3. The first-order chi connectivity index (χ1) is 12.4. The SMILES string of the molecule is COc1ccc(S(=O)(=O)N2CCCC2)cc1C(=O)Nc1cccc(F)c1. The molecule has 1 aliphatic rings. The molecule has 1 fully saturated rings. The molecule has 1 heterocycles. The fourth-order valence-electron chi connectivity index (χ4n) is 2.87. The highest BCUT2D eigenvalue weighted by atomic mass is 32.2. The summed E-state index contributed by atoms with van der Waals surface area (Å²) in [6.07, 6.45) is 1.64. The number of nitrogens with zero attached hydrogens (tertiary/aromatic N) is 1. The van der Waals surface area contributed by atoms with Crippen molar-refractivity contribution >= 4 is 21.6 Å². The number of halogens is 1. The molecule has 138 valence electrons. The number of benzene rings is 2. The summed E-state index contributed by atoms with van der Waals surface area (Å²) in [5, 5.41) is 2.55. The zero-order chi connectivity index (χ0) is 18.7. The minimum absolute atomic E-state index is 0.0320. The Morgan fingerprint density at radius 1 is 1.15 bits per heavy atom. The van der Waals surface area contributed by atoms with E-state index in [4.69, 9.17) is 4.74 Å². The van der Waals surface area contributed by atoms with Gasteiger partial charge in [-0.1, -0.05) is 6.07 Å². The maximum atomic E-state index is 13.3. The Morgan fingerprint density at radius 2 is 1.88 bits per heavy atom. The van der Waals surface area contributed by atoms with E-state index in [0.29, 0.717) is 13.1 Å². The van der Waals surface area contributed by atoms with Gasteiger partial charge in [-0.2, -0.15) is 4.31 Å². The maximum absolute atomic E-state index is 13.3. The van der Waals surface area contributed by atoms with E-state index in [1.165, 1.54) is 53.9 Å². The molecule has 0 saturated carbocycles. The first kappa shape index (κ1) is 18.3. The molecule has 2 aromatic carbocycles. The number of carbonyl (C=O) groups excluding carboxylic acids is 1. The summed E-state index contributed by atoms with van der Waals surface area (Å²) in [4.78, 5) is 12.6. The van der Waals surface area contributed by atoms with Crippen molar-refractivity contribution in [1.82, 2.24) is 4.31 Å². The van der Waals surface area contributed by atoms with Crippen LogP contribution >= 0.6 is 0 Å². The number of carbonyl (C=O) groups is 1. The van der Waals surface area contributed by atoms with Crippen LogP contribution in [0.5, 0.6) is 5.75 Å². The van der Waals surface area contributed by atoms with Crippen LogP contribution < -0.4 is 10.1 Å². The van der Waals surface area contributed by atoms with Gasteiger partial charge in [0, 0.05) is 18.8 Å². The molecule has 0 radical (unpaired) electrons. The largest absolute Gasteiger partial charge is 0.496 e. The van der Waals surface area contributed by atoms with Crippen LogP contribution in [0.1, 0.15) is 23.2 Å². The minimum atomic E-state index is -3.66. The number of sulfonamides is 1. The Bertz CT molecular complexity index is 925. The highest BCUT2D eigenvalue weighted by Gasteiger charge is 2.28. The van der Waals surface area contributed by atoms with Crippen molar-refractivity contribution in [3.63, 3.8) is 0 Å². The van der Waals surface area contributed by atoms with Crippen molar-refractivity contribution in [3.8, 4) is 5.75 Å². The van der Waals surface area contributed by atoms with Crippen molar-refractivity contribution < 1.29 is 22.3 Å². The van der Waals surface area contributed by atoms with E-state index in [1.807, 2.05) is 0 Å². The lowest BCUT2D eigenvalue weighted by atomic mass is 10.2. The van der Waals surface area contributed by atoms with E-state index < -0.39 is 21.7 Å². The van der Waals surface area contributed by atoms with Gasteiger partial charge in [0.25, 0.3) is 5.91 Å². The van der Waals surface area contributed by atoms with Crippen molar-refractivity contribution in [3.05, 3.63) is 53.8 Å². The predicted octanol–water partition coefficient (Wildman–Crippen LogP) is 2.87. The molecular weight excluding hydrogens is 359 g/mol. The van der Waals surface area contributed by atoms with Crippen molar-refractivity contribution in [2.75, 3.05) is 25.5 Å². The number of anilines is 1. The van der Waals surface area contributed by atoms with Crippen molar-refractivity contribution in [1.29, 1.82) is 0 Å². The summed E-state index contributed by atoms with van der Waals surface area (Å²) in [6, 6.07) is 9.61. The molecule has 1 saturated heterocycles. The average Bonchev–Trinajstić information content (AvgIpc) is 3.16. The van der Waals surface area contributed by atoms with E-state index in [1.54, 1.807) is 0 Å². The van der Waals surface area contributed by atoms with Gasteiger partial charge >= 0.3 is 0 Å². The Kier molecular flexibility index (Phi) is 5.24. The lowest BCUT2D eigenvalue weighted by Gasteiger charge is -2.17. The summed E-state index contributed by atoms with van der Waals surface area (Å²) in [5.41, 5.74) is 0.335. The lowest BCUT2D eigenvalue weighted by molar-refractivity contribution is 0.102. The van der Waals surface area contributed by atoms with Crippen LogP contribution in [-0.4, -0.2) is 38.8 Å². The summed E-state index contributed by atoms with van der Waals surface area (Å²) in [5.74, 6) is -0.828. The zero-order valence-electron chi connectivity index (χ0n) is 14.2. The summed E-state index contributed by atoms with van der Waals surface area (Å²) >= 11 is 0. The molecule has 0 unspecified atom stereocenters. The number of ether oxygens (including phenoxy) is 1. The predicted molar refractivity (Wildman–Crippen MR) is 95.3 cm³/mol. The second-order valence-corrected chi connectivity index (χ2v) is 7.88. The molecule has 0 atom stereocenters. The van der Waals surface area contributed by atoms with Crippen LogP contribution in [0.3, 0.4) is 0 Å². The van der Waals surface area contributed by atoms with Crippen molar-refractivity contribution in [2.24, 2.45) is 0 Å². The van der Waals surface area contributed by atoms with Gasteiger partial charge in [0.1, 0.15) is 11.6 Å². The van der Waals surface area contributed by atoms with Gasteiger partial charge in [-0.05, 0) is 49.2 Å². The first-order valence-electron chi connectivity index (χ1n) is 8.17. The van der Waals surface area contributed by atoms with Crippen LogP contribution in [0.2, 0.25) is 0 Å². The molecule has 0 bridgehead atoms. The second kappa shape index (κ2) is 7.43. The van der Waals surface area contributed by atoms with Gasteiger partial charge < -0.3 is 10.1 Å². The number of hydrogen-bond donors (Lipinski definition) is 1. The molecule has 26 heavy (non-hydrogen) atoms. The first-order valence-corrected chi connectivity index (χ1v) is 9.61. The average molecular weight is 378 g/mol. The fourth-order valence-corrected chi connectivity index (χ4v) is 4.41. The number of nitrogens with one attached hydrogen (secondary N) is 1. The van der Waals surface area contributed by atoms with Crippen LogP contribution in [0.25, 0.3) is 0 Å². The lowest BCUT2D eigenvalue weighted by Crippen LogP contribution is -2.28. The van der Waals surface area contributed by atoms with E-state index in [2.05, 4.69) is 5.32 Å². The van der Waals surface area contributed by atoms with Gasteiger partial charge in [0.2, 0.25) is 10.0 Å². The molecule has 0 aromatic heterocycles. The molecule has 0 spiro atoms. The topological polar surface area (TPSA) is 75.7 Å². The standard InChI is InChI=1S/C18H19FN2O4S/c1-25-17-8-7-15(26(23,24)21-9-2-3-10-21)12-16(17)18(22)20-14-6-4-5-13(19)11-14/h4-8,11-12H,2-3,9-10H2,1H3,(H,20,22). The molecule has 1 amide bonds. The van der Waals surface area contributed by atoms with E-state index >= 15 is 0 Å². The second-order valence-electron chi connectivity index (χ2n) is 5.94. The van der Waals surface area contributed by atoms with Gasteiger partial charge in [0.05, 0.1) is 17.6 Å². The van der Waals surface area contributed by atoms with Crippen molar-refractivity contribution in [2.45, 2.75) is 17.7 Å². The Hall–Kier alpha value is -2.45. The molecule has 2 aromatic rings. The molecule has 0 aliphatic carbocycles. The van der Waals surface area contributed by atoms with Crippen LogP contribution in [0.15, 0.2) is 47.4 Å². The third-order valence-corrected chi connectivity index (χ3v) is 6.10. The van der Waals surface area contributed by atoms with Gasteiger partial charge in [-0.15, -0.1) is 0 Å². The number of rotatable bonds is 5. The molecule has 6 nitrogen and oxygen atoms in total. The minimum Gasteiger partial charge on any atom is -0.496 e. The monoisotopic (exact) mass is 378 g/mol. The zero-order valence-corrected chi connectivity index (χ0v) is 15.1. The third-order valence-electron chi connectivity index (χ3n) is 4.20. The van der Waals surface area contributed by atoms with E-state index in [0.717, 1.165) is 12.8 Å². The Labute approximate surface area is 151 Å². The molecule has 3 rings (SSSR count). The normalized spacial score (nSPS) is 15.0. The number of hydrogen-bond acceptors (Lipinski definition) is 4. The van der Waals surface area contributed by atoms with E-state index in [9.17, 15) is 17.6 Å². The van der Waals surface area contributed by atoms with Crippen LogP contribution in [0, 0.1) is 5.82 Å². The highest BCUT2D eigenvalue weighted by Crippen LogP contribution is 2.27. The molecular formula is C18H19FN2O4S. The summed E-state index contributed by atoms with van der Waals surface area (Å²) in [6.45, 7) is 0.943. The van der Waals surface area contributed by atoms with Gasteiger partial charge in [-0.3, -0.25) is 4.79 Å². The maximum Gasteiger partial charge on any atom is 0.259 e.